The number of hydrogen-bond acceptors (Lipinski definition) is 3. The molecule has 114 valence electrons. The Bertz CT molecular complexity index is 387. The summed E-state index contributed by atoms with van der Waals surface area (Å²) in [5, 5.41) is 14.0. The van der Waals surface area contributed by atoms with Gasteiger partial charge in [-0.15, -0.1) is 0 Å². The monoisotopic (exact) mass is 284 g/mol. The van der Waals surface area contributed by atoms with Crippen LogP contribution in [0.5, 0.6) is 0 Å². The predicted molar refractivity (Wildman–Crippen MR) is 74.0 cm³/mol. The highest BCUT2D eigenvalue weighted by Gasteiger charge is 2.31. The molecule has 0 aromatic rings. The van der Waals surface area contributed by atoms with Crippen LogP contribution in [-0.4, -0.2) is 34.5 Å². The fourth-order valence-electron chi connectivity index (χ4n) is 2.31. The van der Waals surface area contributed by atoms with Gasteiger partial charge < -0.3 is 15.7 Å². The molecule has 0 aromatic heterocycles. The Morgan fingerprint density at radius 1 is 1.25 bits per heavy atom. The van der Waals surface area contributed by atoms with Gasteiger partial charge in [0.15, 0.2) is 0 Å². The zero-order valence-corrected chi connectivity index (χ0v) is 12.4. The average molecular weight is 284 g/mol. The minimum Gasteiger partial charge on any atom is -0.480 e. The van der Waals surface area contributed by atoms with E-state index in [1.54, 1.807) is 6.92 Å². The molecule has 0 aromatic carbocycles. The van der Waals surface area contributed by atoms with Crippen LogP contribution in [0.1, 0.15) is 52.9 Å². The first-order valence-corrected chi connectivity index (χ1v) is 7.07. The van der Waals surface area contributed by atoms with Crippen LogP contribution in [0.3, 0.4) is 0 Å². The molecule has 3 N–H and O–H groups in total. The van der Waals surface area contributed by atoms with Crippen LogP contribution in [0, 0.1) is 5.92 Å². The molecule has 20 heavy (non-hydrogen) atoms. The Balaban J connectivity index is 2.40. The standard InChI is InChI=1S/C14H24N2O4/c1-9(12(18)16-14(2,3)13(19)20)15-11(17)8-10-6-4-5-7-10/h9-10H,4-8H2,1-3H3,(H,15,17)(H,16,18)(H,19,20)/t9-/m0/s1. The van der Waals surface area contributed by atoms with E-state index in [-0.39, 0.29) is 5.91 Å². The van der Waals surface area contributed by atoms with Gasteiger partial charge in [0, 0.05) is 6.42 Å². The lowest BCUT2D eigenvalue weighted by Gasteiger charge is -2.24. The molecule has 1 fully saturated rings. The fraction of sp³-hybridized carbons (Fsp3) is 0.786. The van der Waals surface area contributed by atoms with E-state index in [0.717, 1.165) is 12.8 Å². The second-order valence-corrected chi connectivity index (χ2v) is 6.06. The Morgan fingerprint density at radius 2 is 1.80 bits per heavy atom. The molecule has 0 saturated heterocycles. The summed E-state index contributed by atoms with van der Waals surface area (Å²) < 4.78 is 0. The molecule has 1 aliphatic rings. The average Bonchev–Trinajstić information content (AvgIpc) is 2.80. The first-order valence-electron chi connectivity index (χ1n) is 7.07. The molecule has 0 heterocycles. The molecular weight excluding hydrogens is 260 g/mol. The van der Waals surface area contributed by atoms with E-state index in [4.69, 9.17) is 5.11 Å². The number of carbonyl (C=O) groups is 3. The fourth-order valence-corrected chi connectivity index (χ4v) is 2.31. The number of hydrogen-bond donors (Lipinski definition) is 3. The number of aliphatic carboxylic acids is 1. The van der Waals surface area contributed by atoms with Crippen molar-refractivity contribution in [2.24, 2.45) is 5.92 Å². The maximum atomic E-state index is 11.8. The van der Waals surface area contributed by atoms with Crippen molar-refractivity contribution in [1.82, 2.24) is 10.6 Å². The van der Waals surface area contributed by atoms with Gasteiger partial charge in [-0.05, 0) is 39.5 Å². The van der Waals surface area contributed by atoms with Gasteiger partial charge in [-0.3, -0.25) is 9.59 Å². The van der Waals surface area contributed by atoms with Crippen LogP contribution in [0.15, 0.2) is 0 Å². The molecule has 2 amide bonds. The lowest BCUT2D eigenvalue weighted by atomic mass is 10.0. The summed E-state index contributed by atoms with van der Waals surface area (Å²) in [6.45, 7) is 4.36. The van der Waals surface area contributed by atoms with Gasteiger partial charge in [0.25, 0.3) is 0 Å². The van der Waals surface area contributed by atoms with E-state index >= 15 is 0 Å². The molecule has 1 aliphatic carbocycles. The Morgan fingerprint density at radius 3 is 2.30 bits per heavy atom. The summed E-state index contributed by atoms with van der Waals surface area (Å²) >= 11 is 0. The van der Waals surface area contributed by atoms with Gasteiger partial charge in [-0.1, -0.05) is 12.8 Å². The van der Waals surface area contributed by atoms with Crippen molar-refractivity contribution in [3.63, 3.8) is 0 Å². The Labute approximate surface area is 119 Å². The maximum Gasteiger partial charge on any atom is 0.328 e. The van der Waals surface area contributed by atoms with Crippen molar-refractivity contribution in [1.29, 1.82) is 0 Å². The normalized spacial score (nSPS) is 17.6. The summed E-state index contributed by atoms with van der Waals surface area (Å²) in [7, 11) is 0. The molecule has 0 aliphatic heterocycles. The van der Waals surface area contributed by atoms with Gasteiger partial charge >= 0.3 is 5.97 Å². The third kappa shape index (κ3) is 4.83. The molecule has 0 spiro atoms. The number of carbonyl (C=O) groups excluding carboxylic acids is 2. The molecule has 0 bridgehead atoms. The van der Waals surface area contributed by atoms with E-state index in [0.29, 0.717) is 12.3 Å². The van der Waals surface area contributed by atoms with Crippen molar-refractivity contribution in [2.75, 3.05) is 0 Å². The van der Waals surface area contributed by atoms with E-state index in [9.17, 15) is 14.4 Å². The zero-order chi connectivity index (χ0) is 15.3. The molecule has 1 saturated carbocycles. The molecule has 0 radical (unpaired) electrons. The number of amides is 2. The molecule has 0 unspecified atom stereocenters. The Kier molecular flexibility index (Phi) is 5.53. The maximum absolute atomic E-state index is 11.8. The molecule has 6 nitrogen and oxygen atoms in total. The van der Waals surface area contributed by atoms with E-state index in [2.05, 4.69) is 10.6 Å². The molecule has 1 atom stereocenters. The second-order valence-electron chi connectivity index (χ2n) is 6.06. The highest BCUT2D eigenvalue weighted by Crippen LogP contribution is 2.27. The largest absolute Gasteiger partial charge is 0.480 e. The second kappa shape index (κ2) is 6.72. The van der Waals surface area contributed by atoms with E-state index < -0.39 is 23.5 Å². The Hall–Kier alpha value is -1.59. The molecular formula is C14H24N2O4. The van der Waals surface area contributed by atoms with Crippen LogP contribution in [0.2, 0.25) is 0 Å². The number of carboxylic acid groups (broad SMARTS) is 1. The number of carboxylic acids is 1. The summed E-state index contributed by atoms with van der Waals surface area (Å²) in [4.78, 5) is 34.6. The summed E-state index contributed by atoms with van der Waals surface area (Å²) in [6, 6.07) is -0.734. The predicted octanol–water partition coefficient (Wildman–Crippen LogP) is 1.05. The SMILES string of the molecule is C[C@H](NC(=O)CC1CCCC1)C(=O)NC(C)(C)C(=O)O. The van der Waals surface area contributed by atoms with Crippen molar-refractivity contribution < 1.29 is 19.5 Å². The van der Waals surface area contributed by atoms with E-state index in [1.807, 2.05) is 0 Å². The molecule has 6 heteroatoms. The third-order valence-electron chi connectivity index (χ3n) is 3.69. The van der Waals surface area contributed by atoms with Gasteiger partial charge in [-0.2, -0.15) is 0 Å². The lowest BCUT2D eigenvalue weighted by molar-refractivity contribution is -0.146. The highest BCUT2D eigenvalue weighted by molar-refractivity contribution is 5.91. The summed E-state index contributed by atoms with van der Waals surface area (Å²) in [5.41, 5.74) is -1.35. The van der Waals surface area contributed by atoms with Crippen molar-refractivity contribution in [3.05, 3.63) is 0 Å². The van der Waals surface area contributed by atoms with Crippen molar-refractivity contribution >= 4 is 17.8 Å². The van der Waals surface area contributed by atoms with Crippen molar-refractivity contribution in [3.8, 4) is 0 Å². The van der Waals surface area contributed by atoms with Crippen LogP contribution < -0.4 is 10.6 Å². The van der Waals surface area contributed by atoms with E-state index in [1.165, 1.54) is 26.7 Å². The molecule has 1 rings (SSSR count). The quantitative estimate of drug-likeness (QED) is 0.679. The minimum absolute atomic E-state index is 0.146. The van der Waals surface area contributed by atoms with Crippen LogP contribution >= 0.6 is 0 Å². The van der Waals surface area contributed by atoms with Crippen molar-refractivity contribution in [2.45, 2.75) is 64.5 Å². The third-order valence-corrected chi connectivity index (χ3v) is 3.69. The topological polar surface area (TPSA) is 95.5 Å². The van der Waals surface area contributed by atoms with Crippen LogP contribution in [0.25, 0.3) is 0 Å². The number of nitrogens with one attached hydrogen (secondary N) is 2. The first kappa shape index (κ1) is 16.5. The lowest BCUT2D eigenvalue weighted by Crippen LogP contribution is -2.55. The zero-order valence-electron chi connectivity index (χ0n) is 12.4. The smallest absolute Gasteiger partial charge is 0.328 e. The van der Waals surface area contributed by atoms with Gasteiger partial charge in [-0.25, -0.2) is 4.79 Å². The van der Waals surface area contributed by atoms with Gasteiger partial charge in [0.1, 0.15) is 11.6 Å². The summed E-state index contributed by atoms with van der Waals surface area (Å²) in [6.07, 6.45) is 4.92. The number of rotatable bonds is 6. The van der Waals surface area contributed by atoms with Crippen LogP contribution in [-0.2, 0) is 14.4 Å². The van der Waals surface area contributed by atoms with Gasteiger partial charge in [0.05, 0.1) is 0 Å². The van der Waals surface area contributed by atoms with Gasteiger partial charge in [0.2, 0.25) is 11.8 Å². The highest BCUT2D eigenvalue weighted by atomic mass is 16.4. The van der Waals surface area contributed by atoms with Crippen LogP contribution in [0.4, 0.5) is 0 Å². The first-order chi connectivity index (χ1) is 9.22. The summed E-state index contributed by atoms with van der Waals surface area (Å²) in [5.74, 6) is -1.33. The minimum atomic E-state index is -1.35.